The summed E-state index contributed by atoms with van der Waals surface area (Å²) in [5, 5.41) is 7.69. The van der Waals surface area contributed by atoms with Crippen LogP contribution in [0.1, 0.15) is 43.7 Å². The van der Waals surface area contributed by atoms with Crippen molar-refractivity contribution in [3.05, 3.63) is 29.3 Å². The van der Waals surface area contributed by atoms with Crippen molar-refractivity contribution >= 4 is 40.3 Å². The average Bonchev–Trinajstić information content (AvgIpc) is 2.51. The maximum Gasteiger partial charge on any atom is 0.189 e. The summed E-state index contributed by atoms with van der Waals surface area (Å²) in [6.45, 7) is 6.39. The van der Waals surface area contributed by atoms with Crippen LogP contribution < -0.4 is 21.5 Å². The molecule has 1 aliphatic rings. The maximum absolute atomic E-state index is 5.35. The van der Waals surface area contributed by atoms with E-state index < -0.39 is 0 Å². The fourth-order valence-electron chi connectivity index (χ4n) is 3.01. The summed E-state index contributed by atoms with van der Waals surface area (Å²) in [5.74, 6) is 0.656. The molecule has 1 aromatic rings. The third kappa shape index (κ3) is 5.32. The predicted octanol–water partition coefficient (Wildman–Crippen LogP) is 3.55. The van der Waals surface area contributed by atoms with Crippen molar-refractivity contribution in [1.29, 1.82) is 0 Å². The van der Waals surface area contributed by atoms with Gasteiger partial charge in [-0.2, -0.15) is 0 Å². The lowest BCUT2D eigenvalue weighted by Crippen LogP contribution is -2.52. The van der Waals surface area contributed by atoms with Gasteiger partial charge in [-0.3, -0.25) is 10.9 Å². The summed E-state index contributed by atoms with van der Waals surface area (Å²) in [7, 11) is 0. The minimum Gasteiger partial charge on any atom is -0.358 e. The first-order chi connectivity index (χ1) is 11.0. The van der Waals surface area contributed by atoms with E-state index in [0.29, 0.717) is 22.2 Å². The monoisotopic (exact) mass is 350 g/mol. The molecule has 1 aliphatic carbocycles. The van der Waals surface area contributed by atoms with Gasteiger partial charge in [0.15, 0.2) is 10.2 Å². The van der Waals surface area contributed by atoms with Crippen molar-refractivity contribution in [3.63, 3.8) is 0 Å². The van der Waals surface area contributed by atoms with Crippen LogP contribution in [0.5, 0.6) is 0 Å². The number of rotatable bonds is 2. The second-order valence-electron chi connectivity index (χ2n) is 6.31. The van der Waals surface area contributed by atoms with Gasteiger partial charge in [0.05, 0.1) is 0 Å². The SMILES string of the molecule is Cc1cccc(C)c1NC(=S)NNC(=S)N[C@H]1CCCC[C@@H]1C. The second kappa shape index (κ2) is 8.45. The number of hydrogen-bond acceptors (Lipinski definition) is 2. The standard InChI is InChI=1S/C17H26N4S2/c1-11-7-4-5-10-14(11)18-16(22)20-21-17(23)19-15-12(2)8-6-9-13(15)3/h6,8-9,11,14H,4-5,7,10H2,1-3H3,(H2,18,20,22)(H2,19,21,23)/t11-,14-/m0/s1. The zero-order chi connectivity index (χ0) is 16.8. The average molecular weight is 351 g/mol. The quantitative estimate of drug-likeness (QED) is 0.483. The van der Waals surface area contributed by atoms with Crippen LogP contribution in [0.2, 0.25) is 0 Å². The molecule has 4 N–H and O–H groups in total. The third-order valence-electron chi connectivity index (χ3n) is 4.44. The Hall–Kier alpha value is -1.40. The molecule has 0 radical (unpaired) electrons. The van der Waals surface area contributed by atoms with E-state index in [1.54, 1.807) is 0 Å². The van der Waals surface area contributed by atoms with Crippen molar-refractivity contribution in [2.45, 2.75) is 52.5 Å². The highest BCUT2D eigenvalue weighted by Gasteiger charge is 2.21. The third-order valence-corrected chi connectivity index (χ3v) is 4.86. The molecule has 0 aliphatic heterocycles. The van der Waals surface area contributed by atoms with Gasteiger partial charge in [-0.1, -0.05) is 38.0 Å². The van der Waals surface area contributed by atoms with E-state index in [1.807, 2.05) is 6.07 Å². The Labute approximate surface area is 149 Å². The lowest BCUT2D eigenvalue weighted by molar-refractivity contribution is 0.308. The zero-order valence-electron chi connectivity index (χ0n) is 14.0. The van der Waals surface area contributed by atoms with Gasteiger partial charge >= 0.3 is 0 Å². The highest BCUT2D eigenvalue weighted by molar-refractivity contribution is 7.80. The lowest BCUT2D eigenvalue weighted by Gasteiger charge is -2.30. The van der Waals surface area contributed by atoms with Gasteiger partial charge in [-0.25, -0.2) is 0 Å². The fourth-order valence-corrected chi connectivity index (χ4v) is 3.36. The van der Waals surface area contributed by atoms with E-state index in [9.17, 15) is 0 Å². The summed E-state index contributed by atoms with van der Waals surface area (Å²) in [6.07, 6.45) is 5.03. The first-order valence-corrected chi connectivity index (χ1v) is 8.98. The highest BCUT2D eigenvalue weighted by Crippen LogP contribution is 2.23. The molecule has 126 valence electrons. The minimum absolute atomic E-state index is 0.450. The summed E-state index contributed by atoms with van der Waals surface area (Å²) in [5.41, 5.74) is 9.28. The van der Waals surface area contributed by atoms with E-state index >= 15 is 0 Å². The highest BCUT2D eigenvalue weighted by atomic mass is 32.1. The molecule has 0 saturated heterocycles. The van der Waals surface area contributed by atoms with Crippen LogP contribution in [0.25, 0.3) is 0 Å². The smallest absolute Gasteiger partial charge is 0.189 e. The van der Waals surface area contributed by atoms with E-state index in [1.165, 1.54) is 25.7 Å². The minimum atomic E-state index is 0.450. The van der Waals surface area contributed by atoms with E-state index in [-0.39, 0.29) is 0 Å². The fraction of sp³-hybridized carbons (Fsp3) is 0.529. The van der Waals surface area contributed by atoms with Crippen LogP contribution in [0.3, 0.4) is 0 Å². The lowest BCUT2D eigenvalue weighted by atomic mass is 9.86. The molecule has 1 aromatic carbocycles. The summed E-state index contributed by atoms with van der Waals surface area (Å²) in [6, 6.07) is 6.60. The Morgan fingerprint density at radius 3 is 2.26 bits per heavy atom. The summed E-state index contributed by atoms with van der Waals surface area (Å²) < 4.78 is 0. The van der Waals surface area contributed by atoms with Gasteiger partial charge in [0.2, 0.25) is 0 Å². The number of para-hydroxylation sites is 1. The van der Waals surface area contributed by atoms with Crippen LogP contribution in [0, 0.1) is 19.8 Å². The molecule has 0 amide bonds. The van der Waals surface area contributed by atoms with Gasteiger partial charge in [-0.15, -0.1) is 0 Å². The van der Waals surface area contributed by atoms with Crippen LogP contribution in [-0.2, 0) is 0 Å². The largest absolute Gasteiger partial charge is 0.358 e. The van der Waals surface area contributed by atoms with Gasteiger partial charge < -0.3 is 10.6 Å². The Morgan fingerprint density at radius 2 is 1.61 bits per heavy atom. The van der Waals surface area contributed by atoms with Gasteiger partial charge in [-0.05, 0) is 68.2 Å². The molecule has 6 heteroatoms. The molecular weight excluding hydrogens is 324 g/mol. The molecule has 1 saturated carbocycles. The number of hydrogen-bond donors (Lipinski definition) is 4. The predicted molar refractivity (Wildman–Crippen MR) is 106 cm³/mol. The Kier molecular flexibility index (Phi) is 6.59. The first-order valence-electron chi connectivity index (χ1n) is 8.17. The number of anilines is 1. The number of nitrogens with one attached hydrogen (secondary N) is 4. The number of hydrazine groups is 1. The van der Waals surface area contributed by atoms with Gasteiger partial charge in [0.25, 0.3) is 0 Å². The van der Waals surface area contributed by atoms with Gasteiger partial charge in [0, 0.05) is 11.7 Å². The van der Waals surface area contributed by atoms with Crippen molar-refractivity contribution < 1.29 is 0 Å². The number of thiocarbonyl (C=S) groups is 2. The van der Waals surface area contributed by atoms with Crippen molar-refractivity contribution in [3.8, 4) is 0 Å². The topological polar surface area (TPSA) is 48.1 Å². The molecule has 0 unspecified atom stereocenters. The van der Waals surface area contributed by atoms with Crippen molar-refractivity contribution in [2.75, 3.05) is 5.32 Å². The summed E-state index contributed by atoms with van der Waals surface area (Å²) >= 11 is 10.7. The maximum atomic E-state index is 5.35. The molecule has 2 atom stereocenters. The van der Waals surface area contributed by atoms with Crippen LogP contribution in [-0.4, -0.2) is 16.3 Å². The molecule has 0 spiro atoms. The molecule has 0 bridgehead atoms. The molecule has 4 nitrogen and oxygen atoms in total. The second-order valence-corrected chi connectivity index (χ2v) is 7.13. The molecule has 23 heavy (non-hydrogen) atoms. The molecule has 0 aromatic heterocycles. The Bertz CT molecular complexity index is 553. The van der Waals surface area contributed by atoms with E-state index in [0.717, 1.165) is 16.8 Å². The first kappa shape index (κ1) is 17.9. The molecular formula is C17H26N4S2. The zero-order valence-corrected chi connectivity index (χ0v) is 15.7. The van der Waals surface area contributed by atoms with E-state index in [2.05, 4.69) is 54.4 Å². The normalized spacial score (nSPS) is 20.5. The van der Waals surface area contributed by atoms with Crippen molar-refractivity contribution in [1.82, 2.24) is 16.2 Å². The van der Waals surface area contributed by atoms with Crippen LogP contribution >= 0.6 is 24.4 Å². The van der Waals surface area contributed by atoms with Crippen LogP contribution in [0.15, 0.2) is 18.2 Å². The molecule has 0 heterocycles. The van der Waals surface area contributed by atoms with Crippen LogP contribution in [0.4, 0.5) is 5.69 Å². The van der Waals surface area contributed by atoms with E-state index in [4.69, 9.17) is 24.4 Å². The summed E-state index contributed by atoms with van der Waals surface area (Å²) in [4.78, 5) is 0. The number of benzene rings is 1. The Morgan fingerprint density at radius 1 is 1.00 bits per heavy atom. The Balaban J connectivity index is 1.78. The molecule has 2 rings (SSSR count). The van der Waals surface area contributed by atoms with Crippen molar-refractivity contribution in [2.24, 2.45) is 5.92 Å². The number of aryl methyl sites for hydroxylation is 2. The molecule has 1 fully saturated rings. The van der Waals surface area contributed by atoms with Gasteiger partial charge in [0.1, 0.15) is 0 Å².